The van der Waals surface area contributed by atoms with Crippen molar-refractivity contribution >= 4 is 52.9 Å². The summed E-state index contributed by atoms with van der Waals surface area (Å²) in [6.07, 6.45) is -4.01. The average molecular weight is 519 g/mol. The summed E-state index contributed by atoms with van der Waals surface area (Å²) in [5.41, 5.74) is 0.0582. The normalized spacial score (nSPS) is 11.8. The second kappa shape index (κ2) is 10.9. The third-order valence-corrected chi connectivity index (χ3v) is 4.46. The molecule has 0 radical (unpaired) electrons. The maximum Gasteiger partial charge on any atom is 0.434 e. The number of nitrogens with one attached hydrogen (secondary N) is 2. The lowest BCUT2D eigenvalue weighted by Gasteiger charge is -2.11. The molecule has 0 spiro atoms. The predicted octanol–water partition coefficient (Wildman–Crippen LogP) is 4.73. The van der Waals surface area contributed by atoms with E-state index in [1.54, 1.807) is 6.07 Å². The Kier molecular flexibility index (Phi) is 9.66. The van der Waals surface area contributed by atoms with Gasteiger partial charge in [0.05, 0.1) is 11.6 Å². The van der Waals surface area contributed by atoms with Crippen molar-refractivity contribution in [1.82, 2.24) is 15.6 Å². The Hall–Kier alpha value is -1.07. The van der Waals surface area contributed by atoms with Gasteiger partial charge in [-0.1, -0.05) is 29.8 Å². The molecule has 1 heterocycles. The molecule has 0 atom stereocenters. The van der Waals surface area contributed by atoms with Gasteiger partial charge in [0.1, 0.15) is 0 Å². The minimum absolute atomic E-state index is 0. The number of hydrogen-bond donors (Lipinski definition) is 2. The number of hydrogen-bond acceptors (Lipinski definition) is 3. The average Bonchev–Trinajstić information content (AvgIpc) is 3.03. The van der Waals surface area contributed by atoms with Crippen LogP contribution in [0, 0.1) is 0 Å². The number of aliphatic imine (C=N–C) groups is 1. The number of aromatic nitrogens is 1. The minimum atomic E-state index is -4.40. The van der Waals surface area contributed by atoms with Gasteiger partial charge in [-0.3, -0.25) is 0 Å². The second-order valence-corrected chi connectivity index (χ2v) is 6.44. The molecule has 0 amide bonds. The first kappa shape index (κ1) is 23.0. The Labute approximate surface area is 176 Å². The monoisotopic (exact) mass is 518 g/mol. The Balaban J connectivity index is 0.00000338. The number of halogens is 5. The lowest BCUT2D eigenvalue weighted by Crippen LogP contribution is -2.38. The Morgan fingerprint density at radius 1 is 1.27 bits per heavy atom. The molecular formula is C16H19ClF3IN4S. The first-order chi connectivity index (χ1) is 11.9. The zero-order valence-corrected chi connectivity index (χ0v) is 17.8. The molecule has 0 bridgehead atoms. The van der Waals surface area contributed by atoms with Gasteiger partial charge in [-0.15, -0.1) is 35.3 Å². The van der Waals surface area contributed by atoms with Gasteiger partial charge in [0.25, 0.3) is 0 Å². The summed E-state index contributed by atoms with van der Waals surface area (Å²) < 4.78 is 37.6. The standard InChI is InChI=1S/C16H18ClF3N4S.HI/c1-2-21-15(23-9-11-5-3-4-6-12(11)17)22-8-7-14-24-13(10-25-14)16(18,19)20;/h3-6,10H,2,7-9H2,1H3,(H2,21,22,23);1H. The van der Waals surface area contributed by atoms with Crippen LogP contribution in [0.5, 0.6) is 0 Å². The summed E-state index contributed by atoms with van der Waals surface area (Å²) in [6.45, 7) is 3.44. The third-order valence-electron chi connectivity index (χ3n) is 3.18. The van der Waals surface area contributed by atoms with Crippen molar-refractivity contribution in [2.24, 2.45) is 4.99 Å². The molecule has 2 rings (SSSR count). The first-order valence-corrected chi connectivity index (χ1v) is 8.93. The molecule has 0 aliphatic heterocycles. The summed E-state index contributed by atoms with van der Waals surface area (Å²) in [7, 11) is 0. The Morgan fingerprint density at radius 2 is 2.00 bits per heavy atom. The van der Waals surface area contributed by atoms with Crippen molar-refractivity contribution in [2.45, 2.75) is 26.1 Å². The number of benzene rings is 1. The van der Waals surface area contributed by atoms with E-state index in [-0.39, 0.29) is 24.0 Å². The predicted molar refractivity (Wildman–Crippen MR) is 111 cm³/mol. The van der Waals surface area contributed by atoms with Crippen LogP contribution in [-0.4, -0.2) is 24.0 Å². The van der Waals surface area contributed by atoms with E-state index in [2.05, 4.69) is 20.6 Å². The quantitative estimate of drug-likeness (QED) is 0.330. The molecule has 1 aromatic heterocycles. The van der Waals surface area contributed by atoms with Crippen molar-refractivity contribution in [3.63, 3.8) is 0 Å². The van der Waals surface area contributed by atoms with Gasteiger partial charge in [0.2, 0.25) is 0 Å². The van der Waals surface area contributed by atoms with Crippen LogP contribution in [-0.2, 0) is 19.1 Å². The maximum absolute atomic E-state index is 12.5. The van der Waals surface area contributed by atoms with Crippen molar-refractivity contribution in [1.29, 1.82) is 0 Å². The molecule has 0 aliphatic rings. The number of thiazole rings is 1. The van der Waals surface area contributed by atoms with E-state index in [0.29, 0.717) is 42.0 Å². The van der Waals surface area contributed by atoms with E-state index >= 15 is 0 Å². The molecule has 144 valence electrons. The number of nitrogens with zero attached hydrogens (tertiary/aromatic N) is 2. The van der Waals surface area contributed by atoms with Gasteiger partial charge >= 0.3 is 6.18 Å². The molecule has 0 unspecified atom stereocenters. The SMILES string of the molecule is CCNC(=NCc1ccccc1Cl)NCCc1nc(C(F)(F)F)cs1.I. The van der Waals surface area contributed by atoms with Crippen LogP contribution in [0.1, 0.15) is 23.2 Å². The van der Waals surface area contributed by atoms with Gasteiger partial charge in [0.15, 0.2) is 11.7 Å². The van der Waals surface area contributed by atoms with Crippen molar-refractivity contribution < 1.29 is 13.2 Å². The fraction of sp³-hybridized carbons (Fsp3) is 0.375. The van der Waals surface area contributed by atoms with Crippen LogP contribution in [0.3, 0.4) is 0 Å². The Bertz CT molecular complexity index is 722. The van der Waals surface area contributed by atoms with Crippen LogP contribution in [0.4, 0.5) is 13.2 Å². The highest BCUT2D eigenvalue weighted by Gasteiger charge is 2.33. The van der Waals surface area contributed by atoms with Crippen LogP contribution in [0.15, 0.2) is 34.6 Å². The van der Waals surface area contributed by atoms with Gasteiger partial charge in [-0.05, 0) is 18.6 Å². The molecule has 0 saturated carbocycles. The van der Waals surface area contributed by atoms with E-state index < -0.39 is 11.9 Å². The highest BCUT2D eigenvalue weighted by molar-refractivity contribution is 14.0. The largest absolute Gasteiger partial charge is 0.434 e. The molecule has 0 saturated heterocycles. The molecule has 4 nitrogen and oxygen atoms in total. The van der Waals surface area contributed by atoms with Crippen LogP contribution >= 0.6 is 46.9 Å². The first-order valence-electron chi connectivity index (χ1n) is 7.67. The smallest absolute Gasteiger partial charge is 0.357 e. The lowest BCUT2D eigenvalue weighted by molar-refractivity contribution is -0.140. The molecule has 2 N–H and O–H groups in total. The molecule has 1 aromatic carbocycles. The van der Waals surface area contributed by atoms with Crippen LogP contribution < -0.4 is 10.6 Å². The highest BCUT2D eigenvalue weighted by atomic mass is 127. The van der Waals surface area contributed by atoms with E-state index in [1.807, 2.05) is 25.1 Å². The molecule has 26 heavy (non-hydrogen) atoms. The van der Waals surface area contributed by atoms with Gasteiger partial charge in [-0.25, -0.2) is 9.98 Å². The van der Waals surface area contributed by atoms with E-state index in [0.717, 1.165) is 22.3 Å². The fourth-order valence-electron chi connectivity index (χ4n) is 1.98. The summed E-state index contributed by atoms with van der Waals surface area (Å²) in [5.74, 6) is 0.579. The summed E-state index contributed by atoms with van der Waals surface area (Å²) in [4.78, 5) is 8.04. The fourth-order valence-corrected chi connectivity index (χ4v) is 2.98. The van der Waals surface area contributed by atoms with Crippen molar-refractivity contribution in [3.05, 3.63) is 50.9 Å². The zero-order chi connectivity index (χ0) is 18.3. The Morgan fingerprint density at radius 3 is 2.62 bits per heavy atom. The maximum atomic E-state index is 12.5. The van der Waals surface area contributed by atoms with Crippen LogP contribution in [0.2, 0.25) is 5.02 Å². The molecule has 0 aliphatic carbocycles. The minimum Gasteiger partial charge on any atom is -0.357 e. The summed E-state index contributed by atoms with van der Waals surface area (Å²) >= 11 is 7.10. The second-order valence-electron chi connectivity index (χ2n) is 5.09. The van der Waals surface area contributed by atoms with Gasteiger partial charge in [-0.2, -0.15) is 13.2 Å². The molecule has 10 heteroatoms. The van der Waals surface area contributed by atoms with Crippen molar-refractivity contribution in [3.8, 4) is 0 Å². The van der Waals surface area contributed by atoms with Crippen LogP contribution in [0.25, 0.3) is 0 Å². The van der Waals surface area contributed by atoms with Crippen molar-refractivity contribution in [2.75, 3.05) is 13.1 Å². The molecular weight excluding hydrogens is 500 g/mol. The van der Waals surface area contributed by atoms with E-state index in [4.69, 9.17) is 11.6 Å². The number of rotatable bonds is 6. The van der Waals surface area contributed by atoms with Gasteiger partial charge < -0.3 is 10.6 Å². The summed E-state index contributed by atoms with van der Waals surface area (Å²) in [5, 5.41) is 8.28. The molecule has 2 aromatic rings. The summed E-state index contributed by atoms with van der Waals surface area (Å²) in [6, 6.07) is 7.43. The highest BCUT2D eigenvalue weighted by Crippen LogP contribution is 2.30. The third kappa shape index (κ3) is 7.28. The zero-order valence-electron chi connectivity index (χ0n) is 13.9. The molecule has 0 fully saturated rings. The number of guanidine groups is 1. The van der Waals surface area contributed by atoms with Gasteiger partial charge in [0, 0.05) is 29.9 Å². The van der Waals surface area contributed by atoms with E-state index in [9.17, 15) is 13.2 Å². The van der Waals surface area contributed by atoms with E-state index in [1.165, 1.54) is 0 Å². The number of alkyl halides is 3. The lowest BCUT2D eigenvalue weighted by atomic mass is 10.2. The topological polar surface area (TPSA) is 49.3 Å².